The fourth-order valence-corrected chi connectivity index (χ4v) is 3.43. The molecule has 0 saturated carbocycles. The molecule has 1 saturated heterocycles. The van der Waals surface area contributed by atoms with Gasteiger partial charge in [0.15, 0.2) is 5.96 Å². The molecule has 0 spiro atoms. The number of rotatable bonds is 6. The molecule has 7 heteroatoms. The Kier molecular flexibility index (Phi) is 8.35. The van der Waals surface area contributed by atoms with Gasteiger partial charge in [-0.1, -0.05) is 6.07 Å². The first-order chi connectivity index (χ1) is 12.5. The third-order valence-electron chi connectivity index (χ3n) is 4.40. The van der Waals surface area contributed by atoms with Crippen molar-refractivity contribution in [1.82, 2.24) is 10.2 Å². The quantitative estimate of drug-likeness (QED) is 0.429. The summed E-state index contributed by atoms with van der Waals surface area (Å²) < 4.78 is 18.9. The molecular formula is C19H27BrFN3O2. The van der Waals surface area contributed by atoms with Gasteiger partial charge in [0.25, 0.3) is 0 Å². The Balaban J connectivity index is 1.90. The molecule has 0 atom stereocenters. The van der Waals surface area contributed by atoms with Crippen LogP contribution in [0.15, 0.2) is 27.7 Å². The van der Waals surface area contributed by atoms with Crippen molar-refractivity contribution < 1.29 is 13.9 Å². The average Bonchev–Trinajstić information content (AvgIpc) is 2.64. The minimum atomic E-state index is -0.255. The van der Waals surface area contributed by atoms with Crippen LogP contribution in [0.5, 0.6) is 0 Å². The molecule has 0 amide bonds. The maximum atomic E-state index is 13.3. The monoisotopic (exact) mass is 427 g/mol. The lowest BCUT2D eigenvalue weighted by molar-refractivity contribution is -0.149. The Labute approximate surface area is 163 Å². The molecule has 1 aromatic rings. The smallest absolute Gasteiger partial charge is 0.309 e. The minimum absolute atomic E-state index is 0.00866. The highest BCUT2D eigenvalue weighted by atomic mass is 79.9. The van der Waals surface area contributed by atoms with Crippen molar-refractivity contribution in [2.45, 2.75) is 33.1 Å². The SMILES string of the molecule is CCNC(=NCCc1ccc(F)c(Br)c1)N1CCC(C(=O)OCC)CC1. The molecule has 26 heavy (non-hydrogen) atoms. The number of piperidine rings is 1. The zero-order valence-electron chi connectivity index (χ0n) is 15.4. The van der Waals surface area contributed by atoms with Crippen LogP contribution in [-0.2, 0) is 16.0 Å². The van der Waals surface area contributed by atoms with Gasteiger partial charge in [0.2, 0.25) is 0 Å². The van der Waals surface area contributed by atoms with Crippen LogP contribution in [0, 0.1) is 11.7 Å². The predicted molar refractivity (Wildman–Crippen MR) is 105 cm³/mol. The van der Waals surface area contributed by atoms with Gasteiger partial charge >= 0.3 is 5.97 Å². The molecule has 0 unspecified atom stereocenters. The summed E-state index contributed by atoms with van der Waals surface area (Å²) in [5.74, 6) is 0.521. The lowest BCUT2D eigenvalue weighted by Gasteiger charge is -2.33. The highest BCUT2D eigenvalue weighted by molar-refractivity contribution is 9.10. The third kappa shape index (κ3) is 5.97. The molecule has 1 heterocycles. The van der Waals surface area contributed by atoms with E-state index in [4.69, 9.17) is 9.73 Å². The van der Waals surface area contributed by atoms with E-state index >= 15 is 0 Å². The molecule has 1 aliphatic heterocycles. The van der Waals surface area contributed by atoms with E-state index in [0.29, 0.717) is 17.6 Å². The first-order valence-electron chi connectivity index (χ1n) is 9.19. The molecule has 2 rings (SSSR count). The Morgan fingerprint density at radius 1 is 1.38 bits per heavy atom. The maximum absolute atomic E-state index is 13.3. The Morgan fingerprint density at radius 2 is 2.12 bits per heavy atom. The summed E-state index contributed by atoms with van der Waals surface area (Å²) in [7, 11) is 0. The number of hydrogen-bond donors (Lipinski definition) is 1. The number of esters is 1. The zero-order valence-corrected chi connectivity index (χ0v) is 17.0. The molecular weight excluding hydrogens is 401 g/mol. The second-order valence-corrected chi connectivity index (χ2v) is 7.10. The summed E-state index contributed by atoms with van der Waals surface area (Å²) in [5, 5.41) is 3.32. The zero-order chi connectivity index (χ0) is 18.9. The molecule has 144 valence electrons. The number of carbonyl (C=O) groups is 1. The van der Waals surface area contributed by atoms with Crippen LogP contribution < -0.4 is 5.32 Å². The van der Waals surface area contributed by atoms with E-state index in [1.165, 1.54) is 6.07 Å². The molecule has 1 N–H and O–H groups in total. The van der Waals surface area contributed by atoms with Crippen LogP contribution in [0.1, 0.15) is 32.3 Å². The van der Waals surface area contributed by atoms with Crippen LogP contribution in [0.3, 0.4) is 0 Å². The largest absolute Gasteiger partial charge is 0.466 e. The number of hydrogen-bond acceptors (Lipinski definition) is 3. The van der Waals surface area contributed by atoms with Crippen LogP contribution in [0.2, 0.25) is 0 Å². The standard InChI is InChI=1S/C19H27BrFN3O2/c1-3-22-19(23-10-7-14-5-6-17(21)16(20)13-14)24-11-8-15(9-12-24)18(25)26-4-2/h5-6,13,15H,3-4,7-12H2,1-2H3,(H,22,23). The number of guanidine groups is 1. The van der Waals surface area contributed by atoms with Gasteiger partial charge in [-0.25, -0.2) is 4.39 Å². The summed E-state index contributed by atoms with van der Waals surface area (Å²) in [5.41, 5.74) is 1.04. The number of nitrogens with one attached hydrogen (secondary N) is 1. The van der Waals surface area contributed by atoms with E-state index in [1.54, 1.807) is 12.1 Å². The van der Waals surface area contributed by atoms with Gasteiger partial charge in [-0.3, -0.25) is 9.79 Å². The summed E-state index contributed by atoms with van der Waals surface area (Å²) in [6.07, 6.45) is 2.31. The second kappa shape index (κ2) is 10.5. The number of nitrogens with zero attached hydrogens (tertiary/aromatic N) is 2. The fourth-order valence-electron chi connectivity index (χ4n) is 3.00. The van der Waals surface area contributed by atoms with Gasteiger partial charge in [0.1, 0.15) is 5.82 Å². The Bertz CT molecular complexity index is 631. The van der Waals surface area contributed by atoms with E-state index in [2.05, 4.69) is 26.1 Å². The van der Waals surface area contributed by atoms with E-state index in [9.17, 15) is 9.18 Å². The van der Waals surface area contributed by atoms with E-state index < -0.39 is 0 Å². The predicted octanol–water partition coefficient (Wildman–Crippen LogP) is 3.37. The molecule has 1 aliphatic rings. The number of halogens is 2. The second-order valence-electron chi connectivity index (χ2n) is 6.25. The number of carbonyl (C=O) groups excluding carboxylic acids is 1. The summed E-state index contributed by atoms with van der Waals surface area (Å²) in [4.78, 5) is 18.8. The van der Waals surface area contributed by atoms with Crippen LogP contribution >= 0.6 is 15.9 Å². The number of benzene rings is 1. The van der Waals surface area contributed by atoms with Gasteiger partial charge in [-0.05, 0) is 66.7 Å². The highest BCUT2D eigenvalue weighted by Gasteiger charge is 2.27. The van der Waals surface area contributed by atoms with Crippen molar-refractivity contribution in [3.8, 4) is 0 Å². The van der Waals surface area contributed by atoms with Gasteiger partial charge in [-0.15, -0.1) is 0 Å². The molecule has 1 fully saturated rings. The lowest BCUT2D eigenvalue weighted by atomic mass is 9.97. The van der Waals surface area contributed by atoms with Crippen molar-refractivity contribution in [3.63, 3.8) is 0 Å². The van der Waals surface area contributed by atoms with Crippen molar-refractivity contribution >= 4 is 27.9 Å². The Hall–Kier alpha value is -1.63. The molecule has 0 aliphatic carbocycles. The molecule has 1 aromatic carbocycles. The van der Waals surface area contributed by atoms with E-state index in [1.807, 2.05) is 13.8 Å². The van der Waals surface area contributed by atoms with Crippen LogP contribution in [-0.4, -0.2) is 49.6 Å². The summed E-state index contributed by atoms with van der Waals surface area (Å²) >= 11 is 3.21. The first kappa shape index (κ1) is 20.7. The van der Waals surface area contributed by atoms with Crippen molar-refractivity contribution in [2.75, 3.05) is 32.8 Å². The summed E-state index contributed by atoms with van der Waals surface area (Å²) in [6, 6.07) is 5.05. The van der Waals surface area contributed by atoms with Crippen molar-refractivity contribution in [3.05, 3.63) is 34.1 Å². The number of likely N-dealkylation sites (tertiary alicyclic amines) is 1. The van der Waals surface area contributed by atoms with Gasteiger partial charge in [-0.2, -0.15) is 0 Å². The van der Waals surface area contributed by atoms with Gasteiger partial charge < -0.3 is 15.0 Å². The highest BCUT2D eigenvalue weighted by Crippen LogP contribution is 2.19. The van der Waals surface area contributed by atoms with Crippen molar-refractivity contribution in [1.29, 1.82) is 0 Å². The average molecular weight is 428 g/mol. The molecule has 0 bridgehead atoms. The molecule has 0 radical (unpaired) electrons. The minimum Gasteiger partial charge on any atom is -0.466 e. The van der Waals surface area contributed by atoms with Gasteiger partial charge in [0.05, 0.1) is 17.0 Å². The molecule has 0 aromatic heterocycles. The molecule has 5 nitrogen and oxygen atoms in total. The van der Waals surface area contributed by atoms with Crippen LogP contribution in [0.4, 0.5) is 4.39 Å². The topological polar surface area (TPSA) is 53.9 Å². The lowest BCUT2D eigenvalue weighted by Crippen LogP contribution is -2.46. The number of ether oxygens (including phenoxy) is 1. The van der Waals surface area contributed by atoms with Crippen molar-refractivity contribution in [2.24, 2.45) is 10.9 Å². The van der Waals surface area contributed by atoms with Crippen LogP contribution in [0.25, 0.3) is 0 Å². The number of aliphatic imine (C=N–C) groups is 1. The summed E-state index contributed by atoms with van der Waals surface area (Å²) in [6.45, 7) is 7.30. The van der Waals surface area contributed by atoms with E-state index in [-0.39, 0.29) is 17.7 Å². The van der Waals surface area contributed by atoms with E-state index in [0.717, 1.165) is 50.4 Å². The third-order valence-corrected chi connectivity index (χ3v) is 5.00. The fraction of sp³-hybridized carbons (Fsp3) is 0.579. The Morgan fingerprint density at radius 3 is 2.73 bits per heavy atom. The first-order valence-corrected chi connectivity index (χ1v) is 9.98. The van der Waals surface area contributed by atoms with Gasteiger partial charge in [0, 0.05) is 26.2 Å². The normalized spacial score (nSPS) is 15.8. The maximum Gasteiger partial charge on any atom is 0.309 e.